The van der Waals surface area contributed by atoms with Gasteiger partial charge in [0.25, 0.3) is 0 Å². The monoisotopic (exact) mass is 421 g/mol. The van der Waals surface area contributed by atoms with Crippen molar-refractivity contribution in [1.29, 1.82) is 0 Å². The van der Waals surface area contributed by atoms with Gasteiger partial charge in [0.15, 0.2) is 17.5 Å². The van der Waals surface area contributed by atoms with E-state index < -0.39 is 0 Å². The summed E-state index contributed by atoms with van der Waals surface area (Å²) in [6, 6.07) is 5.85. The van der Waals surface area contributed by atoms with Gasteiger partial charge in [0.1, 0.15) is 43.9 Å². The van der Waals surface area contributed by atoms with Crippen molar-refractivity contribution < 1.29 is 29.5 Å². The Kier molecular flexibility index (Phi) is 5.86. The molecule has 9 nitrogen and oxygen atoms in total. The highest BCUT2D eigenvalue weighted by Crippen LogP contribution is 2.37. The first-order valence-corrected chi connectivity index (χ1v) is 10.5. The minimum atomic E-state index is -0.0704. The van der Waals surface area contributed by atoms with Crippen LogP contribution in [0.5, 0.6) is 17.4 Å². The van der Waals surface area contributed by atoms with Crippen molar-refractivity contribution in [2.75, 3.05) is 53.6 Å². The van der Waals surface area contributed by atoms with E-state index >= 15 is 0 Å². The van der Waals surface area contributed by atoms with Crippen LogP contribution in [0.3, 0.4) is 0 Å². The Morgan fingerprint density at radius 3 is 2.59 bits per heavy atom. The van der Waals surface area contributed by atoms with Crippen LogP contribution in [0.1, 0.15) is 16.5 Å². The number of thiazole rings is 1. The van der Waals surface area contributed by atoms with Crippen LogP contribution >= 0.6 is 11.3 Å². The third kappa shape index (κ3) is 3.76. The Balaban J connectivity index is 1.73. The van der Waals surface area contributed by atoms with Crippen LogP contribution in [0, 0.1) is 0 Å². The van der Waals surface area contributed by atoms with Crippen molar-refractivity contribution in [2.45, 2.75) is 6.04 Å². The Morgan fingerprint density at radius 2 is 1.93 bits per heavy atom. The van der Waals surface area contributed by atoms with Gasteiger partial charge in [-0.1, -0.05) is 11.3 Å². The molecule has 1 atom stereocenters. The highest BCUT2D eigenvalue weighted by molar-refractivity contribution is 7.17. The number of hydrogen-bond donors (Lipinski definition) is 4. The van der Waals surface area contributed by atoms with Gasteiger partial charge in [0.05, 0.1) is 20.8 Å². The van der Waals surface area contributed by atoms with Crippen molar-refractivity contribution in [2.24, 2.45) is 0 Å². The van der Waals surface area contributed by atoms with E-state index in [1.807, 2.05) is 18.2 Å². The number of nitrogens with zero attached hydrogens (tertiary/aromatic N) is 3. The minimum Gasteiger partial charge on any atom is -0.493 e. The van der Waals surface area contributed by atoms with Gasteiger partial charge in [-0.25, -0.2) is 4.98 Å². The predicted molar refractivity (Wildman–Crippen MR) is 107 cm³/mol. The third-order valence-electron chi connectivity index (χ3n) is 5.61. The molecule has 29 heavy (non-hydrogen) atoms. The SMILES string of the molecule is COc1ccc([C@@H](c2sc3ncnn3c2O)[NH+]2CC[NH+](CCO)CC2)cc1OC. The molecule has 1 aromatic carbocycles. The fraction of sp³-hybridized carbons (Fsp3) is 0.474. The highest BCUT2D eigenvalue weighted by Gasteiger charge is 2.36. The maximum atomic E-state index is 10.9. The predicted octanol–water partition coefficient (Wildman–Crippen LogP) is -1.62. The number of methoxy groups -OCH3 is 2. The van der Waals surface area contributed by atoms with Crippen LogP contribution in [0.15, 0.2) is 24.5 Å². The normalized spacial score (nSPS) is 20.7. The molecule has 0 amide bonds. The molecule has 4 N–H and O–H groups in total. The molecule has 4 rings (SSSR count). The molecule has 0 unspecified atom stereocenters. The first-order chi connectivity index (χ1) is 14.2. The van der Waals surface area contributed by atoms with Gasteiger partial charge in [-0.3, -0.25) is 0 Å². The molecule has 0 radical (unpaired) electrons. The Morgan fingerprint density at radius 1 is 1.17 bits per heavy atom. The second kappa shape index (κ2) is 8.54. The fourth-order valence-electron chi connectivity index (χ4n) is 4.11. The van der Waals surface area contributed by atoms with Gasteiger partial charge in [0, 0.05) is 5.56 Å². The molecule has 1 saturated heterocycles. The van der Waals surface area contributed by atoms with E-state index in [1.165, 1.54) is 32.0 Å². The third-order valence-corrected chi connectivity index (χ3v) is 6.71. The number of aromatic nitrogens is 3. The number of piperazine rings is 1. The van der Waals surface area contributed by atoms with Gasteiger partial charge in [-0.05, 0) is 18.2 Å². The lowest BCUT2D eigenvalue weighted by molar-refractivity contribution is -1.02. The number of aliphatic hydroxyl groups is 1. The summed E-state index contributed by atoms with van der Waals surface area (Å²) in [4.78, 5) is 8.53. The summed E-state index contributed by atoms with van der Waals surface area (Å²) in [5, 5.41) is 24.3. The van der Waals surface area contributed by atoms with Crippen LogP contribution in [0.25, 0.3) is 4.96 Å². The van der Waals surface area contributed by atoms with Gasteiger partial charge >= 0.3 is 0 Å². The maximum Gasteiger partial charge on any atom is 0.235 e. The lowest BCUT2D eigenvalue weighted by atomic mass is 10.0. The number of rotatable bonds is 7. The number of nitrogens with one attached hydrogen (secondary N) is 2. The summed E-state index contributed by atoms with van der Waals surface area (Å²) in [5.74, 6) is 1.48. The Hall–Kier alpha value is -2.40. The lowest BCUT2D eigenvalue weighted by Gasteiger charge is -2.34. The molecule has 3 aromatic rings. The molecular formula is C19H27N5O4S+2. The number of hydrogen-bond acceptors (Lipinski definition) is 7. The van der Waals surface area contributed by atoms with Gasteiger partial charge in [-0.2, -0.15) is 9.61 Å². The smallest absolute Gasteiger partial charge is 0.235 e. The standard InChI is InChI=1S/C19H25N5O4S/c1-27-14-4-3-13(11-15(14)28-2)16(23-7-5-22(6-8-23)9-10-25)17-18(26)24-19(29-17)20-12-21-24/h3-4,11-12,16,25-26H,5-10H2,1-2H3/p+2/t16-/m0/s1. The van der Waals surface area contributed by atoms with E-state index in [2.05, 4.69) is 10.1 Å². The summed E-state index contributed by atoms with van der Waals surface area (Å²) >= 11 is 1.46. The van der Waals surface area contributed by atoms with E-state index in [0.29, 0.717) is 16.5 Å². The molecule has 3 heterocycles. The molecule has 156 valence electrons. The number of ether oxygens (including phenoxy) is 2. The lowest BCUT2D eigenvalue weighted by Crippen LogP contribution is -3.28. The second-order valence-electron chi connectivity index (χ2n) is 7.17. The summed E-state index contributed by atoms with van der Waals surface area (Å²) in [6.45, 7) is 4.79. The van der Waals surface area contributed by atoms with Crippen molar-refractivity contribution in [3.63, 3.8) is 0 Å². The van der Waals surface area contributed by atoms with Crippen molar-refractivity contribution in [1.82, 2.24) is 14.6 Å². The van der Waals surface area contributed by atoms with Crippen LogP contribution in [-0.4, -0.2) is 78.4 Å². The molecule has 0 saturated carbocycles. The van der Waals surface area contributed by atoms with E-state index in [-0.39, 0.29) is 18.5 Å². The molecule has 0 spiro atoms. The van der Waals surface area contributed by atoms with Crippen LogP contribution in [-0.2, 0) is 0 Å². The summed E-state index contributed by atoms with van der Waals surface area (Å²) in [5.41, 5.74) is 1.04. The van der Waals surface area contributed by atoms with Gasteiger partial charge < -0.3 is 29.5 Å². The molecule has 1 aliphatic heterocycles. The first kappa shape index (κ1) is 19.9. The van der Waals surface area contributed by atoms with Crippen molar-refractivity contribution in [3.8, 4) is 17.4 Å². The zero-order valence-corrected chi connectivity index (χ0v) is 17.4. The molecular weight excluding hydrogens is 394 g/mol. The zero-order chi connectivity index (χ0) is 20.4. The van der Waals surface area contributed by atoms with Crippen LogP contribution < -0.4 is 19.3 Å². The average molecular weight is 422 g/mol. The fourth-order valence-corrected chi connectivity index (χ4v) is 5.22. The highest BCUT2D eigenvalue weighted by atomic mass is 32.1. The number of benzene rings is 1. The Bertz CT molecular complexity index is 967. The molecule has 10 heteroatoms. The van der Waals surface area contributed by atoms with E-state index in [4.69, 9.17) is 9.47 Å². The van der Waals surface area contributed by atoms with Crippen LogP contribution in [0.2, 0.25) is 0 Å². The number of quaternary nitrogens is 2. The largest absolute Gasteiger partial charge is 0.493 e. The molecule has 0 bridgehead atoms. The van der Waals surface area contributed by atoms with E-state index in [1.54, 1.807) is 14.2 Å². The summed E-state index contributed by atoms with van der Waals surface area (Å²) in [7, 11) is 3.25. The molecule has 2 aromatic heterocycles. The molecule has 1 aliphatic rings. The number of aromatic hydroxyl groups is 1. The van der Waals surface area contributed by atoms with E-state index in [9.17, 15) is 10.2 Å². The second-order valence-corrected chi connectivity index (χ2v) is 8.18. The van der Waals surface area contributed by atoms with Gasteiger partial charge in [-0.15, -0.1) is 0 Å². The molecule has 1 fully saturated rings. The maximum absolute atomic E-state index is 10.9. The summed E-state index contributed by atoms with van der Waals surface area (Å²) < 4.78 is 12.4. The topological polar surface area (TPSA) is 98.0 Å². The van der Waals surface area contributed by atoms with Crippen molar-refractivity contribution >= 4 is 16.3 Å². The first-order valence-electron chi connectivity index (χ1n) is 9.68. The Labute approximate surface area is 172 Å². The van der Waals surface area contributed by atoms with Gasteiger partial charge in [0.2, 0.25) is 10.8 Å². The zero-order valence-electron chi connectivity index (χ0n) is 16.6. The van der Waals surface area contributed by atoms with E-state index in [0.717, 1.165) is 43.2 Å². The number of fused-ring (bicyclic) bond motifs is 1. The van der Waals surface area contributed by atoms with Crippen LogP contribution in [0.4, 0.5) is 0 Å². The average Bonchev–Trinajstić information content (AvgIpc) is 3.33. The molecule has 0 aliphatic carbocycles. The quantitative estimate of drug-likeness (QED) is 0.366. The van der Waals surface area contributed by atoms with Crippen molar-refractivity contribution in [3.05, 3.63) is 35.0 Å². The minimum absolute atomic E-state index is 0.0704. The number of aliphatic hydroxyl groups excluding tert-OH is 1. The summed E-state index contributed by atoms with van der Waals surface area (Å²) in [6.07, 6.45) is 1.45.